The molecule has 0 aliphatic rings. The van der Waals surface area contributed by atoms with E-state index in [0.29, 0.717) is 5.76 Å². The molecule has 0 saturated carbocycles. The predicted molar refractivity (Wildman–Crippen MR) is 81.9 cm³/mol. The van der Waals surface area contributed by atoms with E-state index in [2.05, 4.69) is 10.3 Å². The topological polar surface area (TPSA) is 75.4 Å². The average molecular weight is 306 g/mol. The number of hydrogen-bond acceptors (Lipinski definition) is 5. The van der Waals surface area contributed by atoms with Crippen molar-refractivity contribution in [1.29, 1.82) is 0 Å². The van der Waals surface area contributed by atoms with Crippen LogP contribution in [0.4, 0.5) is 0 Å². The fraction of sp³-hybridized carbons (Fsp3) is 0.333. The largest absolute Gasteiger partial charge is 0.463 e. The summed E-state index contributed by atoms with van der Waals surface area (Å²) in [7, 11) is 0. The monoisotopic (exact) mass is 306 g/mol. The molecule has 1 unspecified atom stereocenters. The van der Waals surface area contributed by atoms with Crippen LogP contribution in [0.25, 0.3) is 6.08 Å². The SMILES string of the molecule is Cc1ccc(C(C)(O)CNC(=O)C=Cc2csc(C)n2)o1. The molecule has 112 valence electrons. The molecule has 0 aliphatic carbocycles. The number of thiazole rings is 1. The Labute approximate surface area is 127 Å². The Kier molecular flexibility index (Phi) is 4.59. The van der Waals surface area contributed by atoms with Gasteiger partial charge in [0.1, 0.15) is 17.1 Å². The number of amides is 1. The van der Waals surface area contributed by atoms with Crippen LogP contribution in [0.1, 0.15) is 29.1 Å². The van der Waals surface area contributed by atoms with Crippen LogP contribution in [0.5, 0.6) is 0 Å². The van der Waals surface area contributed by atoms with Crippen molar-refractivity contribution in [1.82, 2.24) is 10.3 Å². The van der Waals surface area contributed by atoms with E-state index in [1.165, 1.54) is 17.4 Å². The van der Waals surface area contributed by atoms with Gasteiger partial charge < -0.3 is 14.8 Å². The van der Waals surface area contributed by atoms with Crippen LogP contribution in [-0.2, 0) is 10.4 Å². The molecule has 0 bridgehead atoms. The van der Waals surface area contributed by atoms with E-state index in [4.69, 9.17) is 4.42 Å². The van der Waals surface area contributed by atoms with Crippen molar-refractivity contribution in [2.75, 3.05) is 6.54 Å². The summed E-state index contributed by atoms with van der Waals surface area (Å²) < 4.78 is 5.38. The van der Waals surface area contributed by atoms with Gasteiger partial charge in [-0.2, -0.15) is 0 Å². The second-order valence-corrected chi connectivity index (χ2v) is 6.09. The van der Waals surface area contributed by atoms with Crippen molar-refractivity contribution in [3.05, 3.63) is 45.8 Å². The van der Waals surface area contributed by atoms with Gasteiger partial charge in [0.2, 0.25) is 5.91 Å². The summed E-state index contributed by atoms with van der Waals surface area (Å²) in [6.07, 6.45) is 3.04. The molecule has 1 amide bonds. The molecule has 2 N–H and O–H groups in total. The standard InChI is InChI=1S/C15H18N2O3S/c1-10-4-6-13(20-10)15(3,19)9-16-14(18)7-5-12-8-21-11(2)17-12/h4-8,19H,9H2,1-3H3,(H,16,18). The fourth-order valence-electron chi connectivity index (χ4n) is 1.75. The van der Waals surface area contributed by atoms with Gasteiger partial charge in [-0.1, -0.05) is 0 Å². The highest BCUT2D eigenvalue weighted by atomic mass is 32.1. The Morgan fingerprint density at radius 3 is 2.86 bits per heavy atom. The minimum absolute atomic E-state index is 0.0687. The third kappa shape index (κ3) is 4.27. The molecule has 2 aromatic heterocycles. The van der Waals surface area contributed by atoms with Crippen molar-refractivity contribution in [2.24, 2.45) is 0 Å². The summed E-state index contributed by atoms with van der Waals surface area (Å²) in [5.41, 5.74) is -0.490. The molecule has 0 radical (unpaired) electrons. The normalized spacial score (nSPS) is 14.3. The lowest BCUT2D eigenvalue weighted by Crippen LogP contribution is -2.37. The van der Waals surface area contributed by atoms with E-state index in [0.717, 1.165) is 16.5 Å². The first-order valence-corrected chi connectivity index (χ1v) is 7.42. The van der Waals surface area contributed by atoms with E-state index in [1.54, 1.807) is 32.1 Å². The maximum absolute atomic E-state index is 11.7. The summed E-state index contributed by atoms with van der Waals surface area (Å²) in [5, 5.41) is 15.8. The predicted octanol–water partition coefficient (Wildman–Crippen LogP) is 2.39. The van der Waals surface area contributed by atoms with Crippen LogP contribution in [-0.4, -0.2) is 22.5 Å². The van der Waals surface area contributed by atoms with Crippen LogP contribution >= 0.6 is 11.3 Å². The smallest absolute Gasteiger partial charge is 0.244 e. The van der Waals surface area contributed by atoms with Gasteiger partial charge in [0, 0.05) is 11.5 Å². The number of aryl methyl sites for hydroxylation is 2. The maximum atomic E-state index is 11.7. The molecule has 0 saturated heterocycles. The Hall–Kier alpha value is -1.92. The highest BCUT2D eigenvalue weighted by Crippen LogP contribution is 2.21. The zero-order valence-corrected chi connectivity index (χ0v) is 13.0. The number of aromatic nitrogens is 1. The van der Waals surface area contributed by atoms with Gasteiger partial charge in [-0.3, -0.25) is 4.79 Å². The van der Waals surface area contributed by atoms with Crippen molar-refractivity contribution < 1.29 is 14.3 Å². The molecule has 5 nitrogen and oxygen atoms in total. The van der Waals surface area contributed by atoms with Gasteiger partial charge >= 0.3 is 0 Å². The number of carbonyl (C=O) groups excluding carboxylic acids is 1. The van der Waals surface area contributed by atoms with E-state index in [9.17, 15) is 9.90 Å². The quantitative estimate of drug-likeness (QED) is 0.832. The number of rotatable bonds is 5. The third-order valence-electron chi connectivity index (χ3n) is 2.92. The molecule has 2 rings (SSSR count). The molecular weight excluding hydrogens is 288 g/mol. The Morgan fingerprint density at radius 1 is 1.52 bits per heavy atom. The number of nitrogens with one attached hydrogen (secondary N) is 1. The van der Waals surface area contributed by atoms with Crippen molar-refractivity contribution in [2.45, 2.75) is 26.4 Å². The summed E-state index contributed by atoms with van der Waals surface area (Å²) in [5.74, 6) is 0.860. The van der Waals surface area contributed by atoms with Crippen LogP contribution in [0.2, 0.25) is 0 Å². The van der Waals surface area contributed by atoms with Crippen LogP contribution in [0.15, 0.2) is 28.0 Å². The summed E-state index contributed by atoms with van der Waals surface area (Å²) in [6, 6.07) is 3.48. The molecule has 6 heteroatoms. The molecule has 0 aromatic carbocycles. The Balaban J connectivity index is 1.90. The van der Waals surface area contributed by atoms with E-state index in [-0.39, 0.29) is 12.5 Å². The lowest BCUT2D eigenvalue weighted by molar-refractivity contribution is -0.117. The minimum atomic E-state index is -1.24. The van der Waals surface area contributed by atoms with E-state index < -0.39 is 5.60 Å². The van der Waals surface area contributed by atoms with Gasteiger partial charge in [0.25, 0.3) is 0 Å². The van der Waals surface area contributed by atoms with Crippen molar-refractivity contribution in [3.8, 4) is 0 Å². The number of nitrogens with zero attached hydrogens (tertiary/aromatic N) is 1. The van der Waals surface area contributed by atoms with Crippen LogP contribution in [0.3, 0.4) is 0 Å². The first-order valence-electron chi connectivity index (χ1n) is 6.54. The van der Waals surface area contributed by atoms with E-state index >= 15 is 0 Å². The molecule has 1 atom stereocenters. The molecule has 0 spiro atoms. The lowest BCUT2D eigenvalue weighted by Gasteiger charge is -2.20. The summed E-state index contributed by atoms with van der Waals surface area (Å²) >= 11 is 1.53. The van der Waals surface area contributed by atoms with Crippen LogP contribution in [0, 0.1) is 13.8 Å². The third-order valence-corrected chi connectivity index (χ3v) is 3.71. The average Bonchev–Trinajstić information content (AvgIpc) is 3.03. The first kappa shape index (κ1) is 15.5. The van der Waals surface area contributed by atoms with Crippen molar-refractivity contribution in [3.63, 3.8) is 0 Å². The van der Waals surface area contributed by atoms with Gasteiger partial charge in [-0.05, 0) is 39.0 Å². The molecule has 21 heavy (non-hydrogen) atoms. The van der Waals surface area contributed by atoms with Gasteiger partial charge in [-0.25, -0.2) is 4.98 Å². The number of carbonyl (C=O) groups is 1. The molecule has 2 heterocycles. The highest BCUT2D eigenvalue weighted by molar-refractivity contribution is 7.09. The molecule has 0 fully saturated rings. The van der Waals surface area contributed by atoms with E-state index in [1.807, 2.05) is 12.3 Å². The number of hydrogen-bond donors (Lipinski definition) is 2. The Morgan fingerprint density at radius 2 is 2.29 bits per heavy atom. The molecule has 2 aromatic rings. The van der Waals surface area contributed by atoms with Gasteiger partial charge in [0.15, 0.2) is 0 Å². The summed E-state index contributed by atoms with van der Waals surface area (Å²) in [6.45, 7) is 5.37. The zero-order valence-electron chi connectivity index (χ0n) is 12.2. The Bertz CT molecular complexity index is 655. The molecular formula is C15H18N2O3S. The summed E-state index contributed by atoms with van der Waals surface area (Å²) in [4.78, 5) is 16.0. The minimum Gasteiger partial charge on any atom is -0.463 e. The van der Waals surface area contributed by atoms with Gasteiger partial charge in [0.05, 0.1) is 17.2 Å². The second kappa shape index (κ2) is 6.24. The second-order valence-electron chi connectivity index (χ2n) is 5.03. The number of furan rings is 1. The fourth-order valence-corrected chi connectivity index (χ4v) is 2.33. The lowest BCUT2D eigenvalue weighted by atomic mass is 10.0. The van der Waals surface area contributed by atoms with Crippen LogP contribution < -0.4 is 5.32 Å². The first-order chi connectivity index (χ1) is 9.87. The van der Waals surface area contributed by atoms with Crippen molar-refractivity contribution >= 4 is 23.3 Å². The number of aliphatic hydroxyl groups is 1. The maximum Gasteiger partial charge on any atom is 0.244 e. The molecule has 0 aliphatic heterocycles. The zero-order chi connectivity index (χ0) is 15.5. The van der Waals surface area contributed by atoms with Gasteiger partial charge in [-0.15, -0.1) is 11.3 Å². The highest BCUT2D eigenvalue weighted by Gasteiger charge is 2.27.